The van der Waals surface area contributed by atoms with E-state index in [1.54, 1.807) is 6.07 Å². The van der Waals surface area contributed by atoms with Gasteiger partial charge in [0.2, 0.25) is 17.7 Å². The van der Waals surface area contributed by atoms with Gasteiger partial charge in [0.15, 0.2) is 0 Å². The fourth-order valence-electron chi connectivity index (χ4n) is 6.45. The number of hydrogen-bond donors (Lipinski definition) is 1. The second-order valence-corrected chi connectivity index (χ2v) is 15.0. The van der Waals surface area contributed by atoms with Gasteiger partial charge in [-0.2, -0.15) is 0 Å². The molecule has 7 rings (SSSR count). The number of rotatable bonds is 6. The molecule has 0 spiro atoms. The zero-order chi connectivity index (χ0) is 33.9. The maximum Gasteiger partial charge on any atom is 0.308 e. The number of non-ortho nitro benzene ring substituents is 1. The molecule has 2 aliphatic heterocycles. The van der Waals surface area contributed by atoms with Gasteiger partial charge in [0.25, 0.3) is 5.69 Å². The first-order valence-corrected chi connectivity index (χ1v) is 17.0. The van der Waals surface area contributed by atoms with Crippen molar-refractivity contribution in [3.8, 4) is 0 Å². The summed E-state index contributed by atoms with van der Waals surface area (Å²) in [6.07, 6.45) is 0. The first-order valence-electron chi connectivity index (χ1n) is 15.3. The van der Waals surface area contributed by atoms with Gasteiger partial charge in [-0.05, 0) is 40.1 Å². The largest absolute Gasteiger partial charge is 0.324 e. The standard InChI is InChI=1S/C36H30N4O6S2/c1-36(2,3)22-13-11-21(12-14-22)28-29-30(33(43)39(32(29)42)23-15-17-24(18-16-23)40(45)46)47-34-31(28)48-35(44)38(34)19-27(41)37-26-10-6-8-20-7-4-5-9-25(20)26/h4-18,28-30H,19H2,1-3H3,(H,37,41)/t28-,29-,30+/m0/s1. The first kappa shape index (κ1) is 31.5. The SMILES string of the molecule is CC(C)(C)c1ccc([C@@H]2c3sc(=O)n(CC(=O)Nc4cccc5ccccc45)c3S[C@H]3C(=O)N(c4ccc([N+](=O)[O-])cc4)C(=O)[C@@H]23)cc1. The van der Waals surface area contributed by atoms with Crippen LogP contribution in [0, 0.1) is 16.0 Å². The fourth-order valence-corrected chi connectivity index (χ4v) is 9.22. The van der Waals surface area contributed by atoms with Gasteiger partial charge in [-0.15, -0.1) is 0 Å². The lowest BCUT2D eigenvalue weighted by Gasteiger charge is -2.31. The van der Waals surface area contributed by atoms with Crippen molar-refractivity contribution < 1.29 is 19.3 Å². The van der Waals surface area contributed by atoms with E-state index in [0.717, 1.165) is 49.9 Å². The van der Waals surface area contributed by atoms with Crippen molar-refractivity contribution in [3.05, 3.63) is 127 Å². The van der Waals surface area contributed by atoms with E-state index in [4.69, 9.17) is 0 Å². The molecular formula is C36H30N4O6S2. The number of nitrogens with zero attached hydrogens (tertiary/aromatic N) is 3. The minimum Gasteiger partial charge on any atom is -0.324 e. The molecule has 0 bridgehead atoms. The molecule has 0 saturated carbocycles. The Bertz CT molecular complexity index is 2180. The van der Waals surface area contributed by atoms with Crippen LogP contribution in [0.4, 0.5) is 17.1 Å². The quantitative estimate of drug-likeness (QED) is 0.120. The van der Waals surface area contributed by atoms with Crippen LogP contribution in [0.3, 0.4) is 0 Å². The number of nitro groups is 1. The predicted octanol–water partition coefficient (Wildman–Crippen LogP) is 6.70. The van der Waals surface area contributed by atoms with Crippen LogP contribution >= 0.6 is 23.1 Å². The van der Waals surface area contributed by atoms with Gasteiger partial charge in [0.05, 0.1) is 21.6 Å². The predicted molar refractivity (Wildman–Crippen MR) is 187 cm³/mol. The van der Waals surface area contributed by atoms with Gasteiger partial charge in [-0.1, -0.05) is 105 Å². The number of nitrogens with one attached hydrogen (secondary N) is 1. The van der Waals surface area contributed by atoms with E-state index >= 15 is 0 Å². The number of amides is 3. The Hall–Kier alpha value is -5.07. The smallest absolute Gasteiger partial charge is 0.308 e. The van der Waals surface area contributed by atoms with Gasteiger partial charge in [0, 0.05) is 34.0 Å². The molecule has 12 heteroatoms. The number of benzene rings is 4. The molecular weight excluding hydrogens is 649 g/mol. The minimum absolute atomic E-state index is 0.119. The molecule has 242 valence electrons. The highest BCUT2D eigenvalue weighted by Crippen LogP contribution is 2.54. The second-order valence-electron chi connectivity index (χ2n) is 12.9. The maximum absolute atomic E-state index is 14.2. The van der Waals surface area contributed by atoms with Crippen molar-refractivity contribution in [2.45, 2.75) is 48.9 Å². The number of carbonyl (C=O) groups excluding carboxylic acids is 3. The summed E-state index contributed by atoms with van der Waals surface area (Å²) in [6.45, 7) is 6.03. The minimum atomic E-state index is -0.881. The van der Waals surface area contributed by atoms with Gasteiger partial charge >= 0.3 is 4.87 Å². The van der Waals surface area contributed by atoms with Crippen molar-refractivity contribution in [1.82, 2.24) is 4.57 Å². The molecule has 3 heterocycles. The topological polar surface area (TPSA) is 132 Å². The molecule has 1 N–H and O–H groups in total. The molecule has 2 aliphatic rings. The lowest BCUT2D eigenvalue weighted by atomic mass is 9.81. The van der Waals surface area contributed by atoms with Gasteiger partial charge in [0.1, 0.15) is 11.8 Å². The van der Waals surface area contributed by atoms with Crippen LogP contribution < -0.4 is 15.1 Å². The number of aromatic nitrogens is 1. The number of imide groups is 1. The van der Waals surface area contributed by atoms with Gasteiger partial charge < -0.3 is 5.32 Å². The van der Waals surface area contributed by atoms with Crippen LogP contribution in [0.1, 0.15) is 42.7 Å². The molecule has 0 radical (unpaired) electrons. The van der Waals surface area contributed by atoms with E-state index in [1.165, 1.54) is 28.8 Å². The molecule has 3 amide bonds. The lowest BCUT2D eigenvalue weighted by molar-refractivity contribution is -0.384. The van der Waals surface area contributed by atoms with Crippen molar-refractivity contribution in [1.29, 1.82) is 0 Å². The molecule has 0 aliphatic carbocycles. The van der Waals surface area contributed by atoms with Crippen molar-refractivity contribution in [2.24, 2.45) is 5.92 Å². The third-order valence-electron chi connectivity index (χ3n) is 8.87. The fraction of sp³-hybridized carbons (Fsp3) is 0.222. The van der Waals surface area contributed by atoms with Crippen LogP contribution in [0.2, 0.25) is 0 Å². The molecule has 10 nitrogen and oxygen atoms in total. The molecule has 1 saturated heterocycles. The van der Waals surface area contributed by atoms with Crippen molar-refractivity contribution in [2.75, 3.05) is 10.2 Å². The van der Waals surface area contributed by atoms with E-state index in [2.05, 4.69) is 26.1 Å². The summed E-state index contributed by atoms with van der Waals surface area (Å²) in [5.74, 6) is -2.77. The summed E-state index contributed by atoms with van der Waals surface area (Å²) in [5.41, 5.74) is 2.45. The van der Waals surface area contributed by atoms with E-state index in [-0.39, 0.29) is 28.2 Å². The summed E-state index contributed by atoms with van der Waals surface area (Å²) in [5, 5.41) is 15.6. The number of nitro benzene ring substituents is 1. The number of fused-ring (bicyclic) bond motifs is 3. The van der Waals surface area contributed by atoms with Crippen molar-refractivity contribution >= 4 is 68.7 Å². The van der Waals surface area contributed by atoms with Crippen molar-refractivity contribution in [3.63, 3.8) is 0 Å². The molecule has 3 atom stereocenters. The van der Waals surface area contributed by atoms with Gasteiger partial charge in [-0.25, -0.2) is 4.90 Å². The van der Waals surface area contributed by atoms with Crippen LogP contribution in [-0.4, -0.2) is 32.5 Å². The van der Waals surface area contributed by atoms with E-state index in [9.17, 15) is 29.3 Å². The Kier molecular flexibility index (Phi) is 7.80. The number of thiazole rings is 1. The highest BCUT2D eigenvalue weighted by atomic mass is 32.2. The Morgan fingerprint density at radius 1 is 0.896 bits per heavy atom. The van der Waals surface area contributed by atoms with Gasteiger partial charge in [-0.3, -0.25) is 33.9 Å². The Morgan fingerprint density at radius 3 is 2.27 bits per heavy atom. The summed E-state index contributed by atoms with van der Waals surface area (Å²) in [6, 6.07) is 26.5. The average molecular weight is 679 g/mol. The normalized spacial score (nSPS) is 18.9. The molecule has 4 aromatic carbocycles. The maximum atomic E-state index is 14.2. The molecule has 5 aromatic rings. The highest BCUT2D eigenvalue weighted by Gasteiger charge is 2.57. The van der Waals surface area contributed by atoms with Crippen LogP contribution in [0.5, 0.6) is 0 Å². The summed E-state index contributed by atoms with van der Waals surface area (Å²) < 4.78 is 1.39. The third-order valence-corrected chi connectivity index (χ3v) is 11.5. The monoisotopic (exact) mass is 678 g/mol. The van der Waals surface area contributed by atoms with Crippen LogP contribution in [0.25, 0.3) is 10.8 Å². The van der Waals surface area contributed by atoms with Crippen LogP contribution in [-0.2, 0) is 26.3 Å². The zero-order valence-corrected chi connectivity index (χ0v) is 27.8. The first-order chi connectivity index (χ1) is 22.9. The Labute approximate surface area is 283 Å². The molecule has 0 unspecified atom stereocenters. The zero-order valence-electron chi connectivity index (χ0n) is 26.2. The number of hydrogen-bond acceptors (Lipinski definition) is 8. The Morgan fingerprint density at radius 2 is 1.58 bits per heavy atom. The summed E-state index contributed by atoms with van der Waals surface area (Å²) in [4.78, 5) is 67.3. The lowest BCUT2D eigenvalue weighted by Crippen LogP contribution is -2.33. The van der Waals surface area contributed by atoms with E-state index in [0.29, 0.717) is 15.6 Å². The average Bonchev–Trinajstić information content (AvgIpc) is 3.50. The third kappa shape index (κ3) is 5.40. The number of thioether (sulfide) groups is 1. The van der Waals surface area contributed by atoms with E-state index < -0.39 is 39.7 Å². The number of carbonyl (C=O) groups is 3. The van der Waals surface area contributed by atoms with Crippen LogP contribution in [0.15, 0.2) is 101 Å². The second kappa shape index (κ2) is 11.9. The summed E-state index contributed by atoms with van der Waals surface area (Å²) >= 11 is 2.11. The van der Waals surface area contributed by atoms with E-state index in [1.807, 2.05) is 60.7 Å². The summed E-state index contributed by atoms with van der Waals surface area (Å²) in [7, 11) is 0. The number of anilines is 2. The molecule has 1 aromatic heterocycles. The highest BCUT2D eigenvalue weighted by molar-refractivity contribution is 8.00. The Balaban J connectivity index is 1.28. The molecule has 1 fully saturated rings. The molecule has 48 heavy (non-hydrogen) atoms.